The zero-order valence-electron chi connectivity index (χ0n) is 16.3. The van der Waals surface area contributed by atoms with Crippen molar-refractivity contribution in [3.63, 3.8) is 0 Å². The maximum Gasteiger partial charge on any atom is 0.321 e. The second-order valence-electron chi connectivity index (χ2n) is 6.87. The van der Waals surface area contributed by atoms with Gasteiger partial charge in [0, 0.05) is 41.6 Å². The Kier molecular flexibility index (Phi) is 6.39. The van der Waals surface area contributed by atoms with Crippen molar-refractivity contribution in [1.29, 1.82) is 0 Å². The van der Waals surface area contributed by atoms with Crippen LogP contribution < -0.4 is 10.1 Å². The van der Waals surface area contributed by atoms with Crippen LogP contribution in [0.1, 0.15) is 18.4 Å². The molecule has 0 radical (unpaired) electrons. The number of likely N-dealkylation sites (tertiary alicyclic amines) is 1. The van der Waals surface area contributed by atoms with Crippen molar-refractivity contribution in [2.45, 2.75) is 12.8 Å². The molecule has 2 aromatic heterocycles. The van der Waals surface area contributed by atoms with Crippen LogP contribution in [0.15, 0.2) is 83.2 Å². The third kappa shape index (κ3) is 5.04. The van der Waals surface area contributed by atoms with E-state index in [1.165, 1.54) is 5.57 Å². The standard InChI is InChI=1S/C23H21BrN4O2/c24-19-8-9-21(26-15-19)30-22(17-5-2-1-3-6-17)18-10-13-28(14-11-18)23(29)27-20-7-4-12-25-16-20/h1-9,12,15-16H,10-11,13-14H2,(H,27,29). The molecule has 0 unspecified atom stereocenters. The smallest absolute Gasteiger partial charge is 0.321 e. The number of carbonyl (C=O) groups is 1. The summed E-state index contributed by atoms with van der Waals surface area (Å²) in [5, 5.41) is 2.90. The Balaban J connectivity index is 1.50. The summed E-state index contributed by atoms with van der Waals surface area (Å²) in [4.78, 5) is 22.8. The molecular weight excluding hydrogens is 444 g/mol. The number of urea groups is 1. The molecule has 0 atom stereocenters. The van der Waals surface area contributed by atoms with Gasteiger partial charge in [0.25, 0.3) is 0 Å². The molecule has 3 heterocycles. The summed E-state index contributed by atoms with van der Waals surface area (Å²) in [6.07, 6.45) is 6.51. The van der Waals surface area contributed by atoms with Crippen LogP contribution in [0, 0.1) is 0 Å². The average Bonchev–Trinajstić information content (AvgIpc) is 2.80. The zero-order valence-corrected chi connectivity index (χ0v) is 17.9. The number of anilines is 1. The highest BCUT2D eigenvalue weighted by molar-refractivity contribution is 9.10. The maximum absolute atomic E-state index is 12.6. The third-order valence-electron chi connectivity index (χ3n) is 4.83. The molecule has 1 fully saturated rings. The summed E-state index contributed by atoms with van der Waals surface area (Å²) in [5.74, 6) is 1.36. The molecule has 4 rings (SSSR count). The van der Waals surface area contributed by atoms with Crippen molar-refractivity contribution in [3.05, 3.63) is 88.8 Å². The highest BCUT2D eigenvalue weighted by Gasteiger charge is 2.23. The quantitative estimate of drug-likeness (QED) is 0.527. The molecule has 0 bridgehead atoms. The van der Waals surface area contributed by atoms with Crippen LogP contribution in [0.5, 0.6) is 5.88 Å². The number of piperidine rings is 1. The first-order valence-corrected chi connectivity index (χ1v) is 10.5. The Labute approximate surface area is 183 Å². The van der Waals surface area contributed by atoms with E-state index in [4.69, 9.17) is 4.74 Å². The predicted molar refractivity (Wildman–Crippen MR) is 120 cm³/mol. The highest BCUT2D eigenvalue weighted by Crippen LogP contribution is 2.29. The van der Waals surface area contributed by atoms with Gasteiger partial charge in [-0.1, -0.05) is 30.3 Å². The number of halogens is 1. The number of nitrogens with zero attached hydrogens (tertiary/aromatic N) is 3. The number of pyridine rings is 2. The molecular formula is C23H21BrN4O2. The first-order valence-electron chi connectivity index (χ1n) is 9.72. The minimum absolute atomic E-state index is 0.112. The summed E-state index contributed by atoms with van der Waals surface area (Å²) in [7, 11) is 0. The summed E-state index contributed by atoms with van der Waals surface area (Å²) in [5.41, 5.74) is 2.88. The van der Waals surface area contributed by atoms with E-state index >= 15 is 0 Å². The Morgan fingerprint density at radius 3 is 2.47 bits per heavy atom. The SMILES string of the molecule is O=C(Nc1cccnc1)N1CCC(=C(Oc2ccc(Br)cn2)c2ccccc2)CC1. The number of aromatic nitrogens is 2. The number of amides is 2. The third-order valence-corrected chi connectivity index (χ3v) is 5.30. The fourth-order valence-electron chi connectivity index (χ4n) is 3.30. The Morgan fingerprint density at radius 2 is 1.80 bits per heavy atom. The maximum atomic E-state index is 12.6. The van der Waals surface area contributed by atoms with Gasteiger partial charge in [0.2, 0.25) is 5.88 Å². The van der Waals surface area contributed by atoms with Gasteiger partial charge in [-0.25, -0.2) is 9.78 Å². The predicted octanol–water partition coefficient (Wildman–Crippen LogP) is 5.36. The van der Waals surface area contributed by atoms with Gasteiger partial charge in [0.1, 0.15) is 5.76 Å². The van der Waals surface area contributed by atoms with Crippen molar-refractivity contribution < 1.29 is 9.53 Å². The van der Waals surface area contributed by atoms with Gasteiger partial charge < -0.3 is 15.0 Å². The van der Waals surface area contributed by atoms with Crippen LogP contribution in [0.2, 0.25) is 0 Å². The van der Waals surface area contributed by atoms with Gasteiger partial charge in [-0.15, -0.1) is 0 Å². The molecule has 0 saturated carbocycles. The van der Waals surface area contributed by atoms with E-state index < -0.39 is 0 Å². The second-order valence-corrected chi connectivity index (χ2v) is 7.79. The number of carbonyl (C=O) groups excluding carboxylic acids is 1. The van der Waals surface area contributed by atoms with Gasteiger partial charge in [0.05, 0.1) is 11.9 Å². The number of ether oxygens (including phenoxy) is 1. The van der Waals surface area contributed by atoms with Gasteiger partial charge in [-0.3, -0.25) is 4.98 Å². The van der Waals surface area contributed by atoms with E-state index in [0.29, 0.717) is 24.7 Å². The topological polar surface area (TPSA) is 67.4 Å². The molecule has 6 nitrogen and oxygen atoms in total. The van der Waals surface area contributed by atoms with E-state index in [-0.39, 0.29) is 6.03 Å². The van der Waals surface area contributed by atoms with Crippen molar-refractivity contribution in [2.75, 3.05) is 18.4 Å². The summed E-state index contributed by atoms with van der Waals surface area (Å²) < 4.78 is 7.11. The van der Waals surface area contributed by atoms with Gasteiger partial charge >= 0.3 is 6.03 Å². The molecule has 1 saturated heterocycles. The molecule has 1 aromatic carbocycles. The van der Waals surface area contributed by atoms with Crippen LogP contribution in [0.25, 0.3) is 5.76 Å². The minimum Gasteiger partial charge on any atom is -0.438 e. The second kappa shape index (κ2) is 9.54. The van der Waals surface area contributed by atoms with Crippen LogP contribution >= 0.6 is 15.9 Å². The number of hydrogen-bond donors (Lipinski definition) is 1. The van der Waals surface area contributed by atoms with Crippen LogP contribution in [0.3, 0.4) is 0 Å². The summed E-state index contributed by atoms with van der Waals surface area (Å²) >= 11 is 3.40. The Morgan fingerprint density at radius 1 is 1.00 bits per heavy atom. The fraction of sp³-hybridized carbons (Fsp3) is 0.174. The molecule has 7 heteroatoms. The van der Waals surface area contributed by atoms with E-state index in [1.807, 2.05) is 53.4 Å². The van der Waals surface area contributed by atoms with E-state index in [2.05, 4.69) is 31.2 Å². The molecule has 3 aromatic rings. The number of benzene rings is 1. The molecule has 30 heavy (non-hydrogen) atoms. The van der Waals surface area contributed by atoms with Crippen LogP contribution in [-0.4, -0.2) is 34.0 Å². The van der Waals surface area contributed by atoms with Crippen LogP contribution in [-0.2, 0) is 0 Å². The summed E-state index contributed by atoms with van der Waals surface area (Å²) in [6, 6.07) is 17.3. The Hall–Kier alpha value is -3.19. The Bertz CT molecular complexity index is 1010. The number of rotatable bonds is 4. The van der Waals surface area contributed by atoms with Crippen molar-refractivity contribution in [3.8, 4) is 5.88 Å². The lowest BCUT2D eigenvalue weighted by Crippen LogP contribution is -2.39. The lowest BCUT2D eigenvalue weighted by molar-refractivity contribution is 0.207. The molecule has 1 N–H and O–H groups in total. The van der Waals surface area contributed by atoms with Crippen molar-refractivity contribution in [2.24, 2.45) is 0 Å². The van der Waals surface area contributed by atoms with E-state index in [9.17, 15) is 4.79 Å². The first-order chi connectivity index (χ1) is 14.7. The van der Waals surface area contributed by atoms with E-state index in [0.717, 1.165) is 28.6 Å². The first kappa shape index (κ1) is 20.1. The fourth-order valence-corrected chi connectivity index (χ4v) is 3.53. The largest absolute Gasteiger partial charge is 0.438 e. The molecule has 2 amide bonds. The molecule has 152 valence electrons. The van der Waals surface area contributed by atoms with Crippen molar-refractivity contribution in [1.82, 2.24) is 14.9 Å². The van der Waals surface area contributed by atoms with Gasteiger partial charge in [-0.05, 0) is 52.5 Å². The average molecular weight is 465 g/mol. The molecule has 1 aliphatic heterocycles. The lowest BCUT2D eigenvalue weighted by Gasteiger charge is -2.29. The molecule has 0 aliphatic carbocycles. The van der Waals surface area contributed by atoms with Gasteiger partial charge in [0.15, 0.2) is 0 Å². The normalized spacial score (nSPS) is 13.6. The summed E-state index contributed by atoms with van der Waals surface area (Å²) in [6.45, 7) is 1.24. The minimum atomic E-state index is -0.112. The molecule has 0 spiro atoms. The number of nitrogens with one attached hydrogen (secondary N) is 1. The highest BCUT2D eigenvalue weighted by atomic mass is 79.9. The monoisotopic (exact) mass is 464 g/mol. The van der Waals surface area contributed by atoms with Crippen LogP contribution in [0.4, 0.5) is 10.5 Å². The molecule has 1 aliphatic rings. The van der Waals surface area contributed by atoms with E-state index in [1.54, 1.807) is 24.7 Å². The van der Waals surface area contributed by atoms with Crippen molar-refractivity contribution >= 4 is 33.4 Å². The lowest BCUT2D eigenvalue weighted by atomic mass is 9.99. The van der Waals surface area contributed by atoms with Gasteiger partial charge in [-0.2, -0.15) is 0 Å². The zero-order chi connectivity index (χ0) is 20.8. The number of hydrogen-bond acceptors (Lipinski definition) is 4.